The van der Waals surface area contributed by atoms with E-state index in [1.54, 1.807) is 18.2 Å². The van der Waals surface area contributed by atoms with Gasteiger partial charge in [-0.2, -0.15) is 5.26 Å². The van der Waals surface area contributed by atoms with Crippen LogP contribution in [0.15, 0.2) is 66.7 Å². The van der Waals surface area contributed by atoms with Crippen LogP contribution in [0.25, 0.3) is 11.1 Å². The van der Waals surface area contributed by atoms with Crippen LogP contribution in [0, 0.1) is 17.2 Å². The van der Waals surface area contributed by atoms with Gasteiger partial charge in [0.15, 0.2) is 0 Å². The summed E-state index contributed by atoms with van der Waals surface area (Å²) in [4.78, 5) is 22.9. The molecule has 0 fully saturated rings. The Hall–Kier alpha value is -4.11. The van der Waals surface area contributed by atoms with Crippen molar-refractivity contribution in [3.8, 4) is 22.9 Å². The lowest BCUT2D eigenvalue weighted by atomic mass is 9.96. The van der Waals surface area contributed by atoms with E-state index in [4.69, 9.17) is 9.84 Å². The molecule has 3 aromatic rings. The summed E-state index contributed by atoms with van der Waals surface area (Å²) in [5, 5.41) is 21.2. The first-order valence-electron chi connectivity index (χ1n) is 12.6. The number of nitriles is 1. The SMILES string of the molecule is CC(C)CC(Oc1ccc(-c2ccc(C(C)C)cc2)c(C#N)c1)c1ccc(C(=O)NCCC(=O)O)cc1. The van der Waals surface area contributed by atoms with E-state index >= 15 is 0 Å². The van der Waals surface area contributed by atoms with Crippen molar-refractivity contribution >= 4 is 11.9 Å². The second-order valence-corrected chi connectivity index (χ2v) is 9.85. The highest BCUT2D eigenvalue weighted by Gasteiger charge is 2.18. The minimum absolute atomic E-state index is 0.0775. The number of rotatable bonds is 11. The van der Waals surface area contributed by atoms with Crippen LogP contribution >= 0.6 is 0 Å². The zero-order chi connectivity index (χ0) is 26.9. The van der Waals surface area contributed by atoms with E-state index in [2.05, 4.69) is 51.2 Å². The lowest BCUT2D eigenvalue weighted by Crippen LogP contribution is -2.26. The number of nitrogens with one attached hydrogen (secondary N) is 1. The van der Waals surface area contributed by atoms with Crippen LogP contribution in [0.3, 0.4) is 0 Å². The van der Waals surface area contributed by atoms with E-state index < -0.39 is 5.97 Å². The highest BCUT2D eigenvalue weighted by Crippen LogP contribution is 2.32. The number of hydrogen-bond donors (Lipinski definition) is 2. The second kappa shape index (κ2) is 12.7. The third kappa shape index (κ3) is 7.68. The highest BCUT2D eigenvalue weighted by atomic mass is 16.5. The molecule has 6 nitrogen and oxygen atoms in total. The van der Waals surface area contributed by atoms with Crippen molar-refractivity contribution in [1.82, 2.24) is 5.32 Å². The molecular weight excluding hydrogens is 464 g/mol. The molecule has 0 aromatic heterocycles. The van der Waals surface area contributed by atoms with Gasteiger partial charge >= 0.3 is 5.97 Å². The number of carboxylic acids is 1. The third-order valence-electron chi connectivity index (χ3n) is 6.13. The summed E-state index contributed by atoms with van der Waals surface area (Å²) in [6, 6.07) is 23.3. The predicted molar refractivity (Wildman–Crippen MR) is 145 cm³/mol. The fraction of sp³-hybridized carbons (Fsp3) is 0.323. The summed E-state index contributed by atoms with van der Waals surface area (Å²) in [5.41, 5.74) is 5.03. The molecule has 1 atom stereocenters. The first kappa shape index (κ1) is 27.5. The number of ether oxygens (including phenoxy) is 1. The number of hydrogen-bond acceptors (Lipinski definition) is 4. The molecule has 0 radical (unpaired) electrons. The molecule has 37 heavy (non-hydrogen) atoms. The van der Waals surface area contributed by atoms with Gasteiger partial charge in [0, 0.05) is 12.1 Å². The molecular formula is C31H34N2O4. The summed E-state index contributed by atoms with van der Waals surface area (Å²) >= 11 is 0. The molecule has 0 aliphatic carbocycles. The van der Waals surface area contributed by atoms with E-state index in [9.17, 15) is 14.9 Å². The van der Waals surface area contributed by atoms with E-state index in [-0.39, 0.29) is 25.0 Å². The van der Waals surface area contributed by atoms with E-state index in [1.807, 2.05) is 36.4 Å². The topological polar surface area (TPSA) is 99.4 Å². The Bertz CT molecular complexity index is 1260. The molecule has 0 saturated carbocycles. The Labute approximate surface area is 218 Å². The van der Waals surface area contributed by atoms with Crippen molar-refractivity contribution in [1.29, 1.82) is 5.26 Å². The number of aliphatic carboxylic acids is 1. The van der Waals surface area contributed by atoms with Crippen LogP contribution in [0.4, 0.5) is 0 Å². The summed E-state index contributed by atoms with van der Waals surface area (Å²) in [6.07, 6.45) is 0.373. The smallest absolute Gasteiger partial charge is 0.305 e. The predicted octanol–water partition coefficient (Wildman–Crippen LogP) is 6.72. The molecule has 6 heteroatoms. The number of amides is 1. The zero-order valence-electron chi connectivity index (χ0n) is 21.8. The zero-order valence-corrected chi connectivity index (χ0v) is 21.8. The Kier molecular flexibility index (Phi) is 9.45. The number of carbonyl (C=O) groups is 2. The summed E-state index contributed by atoms with van der Waals surface area (Å²) in [7, 11) is 0. The van der Waals surface area contributed by atoms with Gasteiger partial charge in [-0.15, -0.1) is 0 Å². The molecule has 3 rings (SSSR count). The lowest BCUT2D eigenvalue weighted by molar-refractivity contribution is -0.136. The lowest BCUT2D eigenvalue weighted by Gasteiger charge is -2.22. The van der Waals surface area contributed by atoms with Crippen molar-refractivity contribution in [3.05, 3.63) is 89.0 Å². The largest absolute Gasteiger partial charge is 0.486 e. The third-order valence-corrected chi connectivity index (χ3v) is 6.13. The Morgan fingerprint density at radius 3 is 2.16 bits per heavy atom. The Balaban J connectivity index is 1.79. The van der Waals surface area contributed by atoms with Crippen molar-refractivity contribution in [2.45, 2.75) is 52.6 Å². The van der Waals surface area contributed by atoms with Crippen LogP contribution in [0.1, 0.15) is 79.6 Å². The molecule has 0 aliphatic rings. The molecule has 0 aliphatic heterocycles. The minimum Gasteiger partial charge on any atom is -0.486 e. The van der Waals surface area contributed by atoms with Gasteiger partial charge in [-0.25, -0.2) is 0 Å². The highest BCUT2D eigenvalue weighted by molar-refractivity contribution is 5.94. The number of carbonyl (C=O) groups excluding carboxylic acids is 1. The fourth-order valence-electron chi connectivity index (χ4n) is 4.07. The second-order valence-electron chi connectivity index (χ2n) is 9.85. The average Bonchev–Trinajstić information content (AvgIpc) is 2.88. The van der Waals surface area contributed by atoms with Gasteiger partial charge in [-0.1, -0.05) is 64.1 Å². The molecule has 3 aromatic carbocycles. The van der Waals surface area contributed by atoms with Crippen LogP contribution < -0.4 is 10.1 Å². The Morgan fingerprint density at radius 2 is 1.59 bits per heavy atom. The maximum atomic E-state index is 12.3. The quantitative estimate of drug-likeness (QED) is 0.306. The monoisotopic (exact) mass is 498 g/mol. The minimum atomic E-state index is -0.957. The van der Waals surface area contributed by atoms with E-state index in [0.717, 1.165) is 23.1 Å². The molecule has 0 bridgehead atoms. The summed E-state index contributed by atoms with van der Waals surface area (Å²) < 4.78 is 6.37. The number of nitrogens with zero attached hydrogens (tertiary/aromatic N) is 1. The van der Waals surface area contributed by atoms with Gasteiger partial charge in [0.2, 0.25) is 0 Å². The molecule has 0 spiro atoms. The van der Waals surface area contributed by atoms with Crippen molar-refractivity contribution in [2.24, 2.45) is 5.92 Å². The van der Waals surface area contributed by atoms with E-state index in [1.165, 1.54) is 5.56 Å². The number of carboxylic acid groups (broad SMARTS) is 1. The molecule has 1 amide bonds. The van der Waals surface area contributed by atoms with Gasteiger partial charge in [-0.3, -0.25) is 9.59 Å². The molecule has 1 unspecified atom stereocenters. The van der Waals surface area contributed by atoms with Gasteiger partial charge in [0.1, 0.15) is 11.9 Å². The number of benzene rings is 3. The fourth-order valence-corrected chi connectivity index (χ4v) is 4.07. The van der Waals surface area contributed by atoms with Gasteiger partial charge in [-0.05, 0) is 70.8 Å². The van der Waals surface area contributed by atoms with Crippen LogP contribution in [0.2, 0.25) is 0 Å². The van der Waals surface area contributed by atoms with Crippen molar-refractivity contribution in [2.75, 3.05) is 6.54 Å². The molecule has 192 valence electrons. The van der Waals surface area contributed by atoms with Crippen LogP contribution in [0.5, 0.6) is 5.75 Å². The molecule has 0 saturated heterocycles. The van der Waals surface area contributed by atoms with Crippen molar-refractivity contribution in [3.63, 3.8) is 0 Å². The van der Waals surface area contributed by atoms with Gasteiger partial charge < -0.3 is 15.2 Å². The van der Waals surface area contributed by atoms with E-state index in [0.29, 0.717) is 28.7 Å². The summed E-state index contributed by atoms with van der Waals surface area (Å²) in [5.74, 6) is 0.141. The van der Waals surface area contributed by atoms with Crippen LogP contribution in [-0.2, 0) is 4.79 Å². The molecule has 2 N–H and O–H groups in total. The normalized spacial score (nSPS) is 11.7. The maximum absolute atomic E-state index is 12.3. The standard InChI is InChI=1S/C31H34N2O4/c1-20(2)17-29(24-9-11-25(12-10-24)31(36)33-16-15-30(34)35)37-27-13-14-28(26(18-27)19-32)23-7-5-22(6-8-23)21(3)4/h5-14,18,20-21,29H,15-17H2,1-4H3,(H,33,36)(H,34,35). The van der Waals surface area contributed by atoms with Gasteiger partial charge in [0.05, 0.1) is 18.1 Å². The maximum Gasteiger partial charge on any atom is 0.305 e. The first-order valence-corrected chi connectivity index (χ1v) is 12.6. The summed E-state index contributed by atoms with van der Waals surface area (Å²) in [6.45, 7) is 8.62. The van der Waals surface area contributed by atoms with Crippen molar-refractivity contribution < 1.29 is 19.4 Å². The molecule has 0 heterocycles. The first-order chi connectivity index (χ1) is 17.7. The van der Waals surface area contributed by atoms with Crippen LogP contribution in [-0.4, -0.2) is 23.5 Å². The average molecular weight is 499 g/mol. The van der Waals surface area contributed by atoms with Gasteiger partial charge in [0.25, 0.3) is 5.91 Å². The Morgan fingerprint density at radius 1 is 0.946 bits per heavy atom.